The van der Waals surface area contributed by atoms with E-state index in [0.717, 1.165) is 11.1 Å². The zero-order valence-electron chi connectivity index (χ0n) is 11.0. The van der Waals surface area contributed by atoms with Crippen LogP contribution < -0.4 is 0 Å². The molecule has 0 spiro atoms. The van der Waals surface area contributed by atoms with E-state index in [9.17, 15) is 9.90 Å². The highest BCUT2D eigenvalue weighted by molar-refractivity contribution is 5.67. The first-order valence-electron chi connectivity index (χ1n) is 6.38. The summed E-state index contributed by atoms with van der Waals surface area (Å²) in [4.78, 5) is 12.9. The van der Waals surface area contributed by atoms with Gasteiger partial charge in [-0.25, -0.2) is 0 Å². The summed E-state index contributed by atoms with van der Waals surface area (Å²) in [5, 5.41) is 18.8. The third kappa shape index (κ3) is 3.68. The predicted octanol–water partition coefficient (Wildman–Crippen LogP) is 1.38. The van der Waals surface area contributed by atoms with Crippen LogP contribution in [0.4, 0.5) is 0 Å². The number of ether oxygens (including phenoxy) is 1. The van der Waals surface area contributed by atoms with Gasteiger partial charge in [0.15, 0.2) is 0 Å². The number of carboxylic acid groups (broad SMARTS) is 1. The molecule has 0 aliphatic carbocycles. The zero-order chi connectivity index (χ0) is 13.8. The Bertz CT molecular complexity index is 461. The highest BCUT2D eigenvalue weighted by atomic mass is 16.5. The van der Waals surface area contributed by atoms with E-state index in [2.05, 4.69) is 4.90 Å². The van der Waals surface area contributed by atoms with Crippen LogP contribution in [0.5, 0.6) is 5.75 Å². The number of hydrogen-bond acceptors (Lipinski definition) is 4. The predicted molar refractivity (Wildman–Crippen MR) is 70.1 cm³/mol. The van der Waals surface area contributed by atoms with Crippen molar-refractivity contribution in [2.45, 2.75) is 25.9 Å². The van der Waals surface area contributed by atoms with E-state index >= 15 is 0 Å². The van der Waals surface area contributed by atoms with Gasteiger partial charge in [0.2, 0.25) is 0 Å². The number of phenolic OH excluding ortho intramolecular Hbond substituents is 1. The molecule has 2 N–H and O–H groups in total. The summed E-state index contributed by atoms with van der Waals surface area (Å²) < 4.78 is 5.34. The average molecular weight is 265 g/mol. The molecular formula is C14H19NO4. The number of benzene rings is 1. The van der Waals surface area contributed by atoms with Crippen molar-refractivity contribution in [3.63, 3.8) is 0 Å². The van der Waals surface area contributed by atoms with Crippen molar-refractivity contribution in [3.05, 3.63) is 29.3 Å². The molecule has 1 unspecified atom stereocenters. The Hall–Kier alpha value is -1.59. The van der Waals surface area contributed by atoms with Crippen LogP contribution >= 0.6 is 0 Å². The summed E-state index contributed by atoms with van der Waals surface area (Å²) in [7, 11) is 0. The van der Waals surface area contributed by atoms with Gasteiger partial charge in [-0.2, -0.15) is 0 Å². The number of aliphatic carboxylic acids is 1. The van der Waals surface area contributed by atoms with Crippen LogP contribution in [0.1, 0.15) is 17.5 Å². The fourth-order valence-electron chi connectivity index (χ4n) is 2.35. The average Bonchev–Trinajstić information content (AvgIpc) is 2.35. The summed E-state index contributed by atoms with van der Waals surface area (Å²) >= 11 is 0. The molecule has 1 saturated heterocycles. The van der Waals surface area contributed by atoms with Crippen molar-refractivity contribution in [2.75, 3.05) is 19.8 Å². The molecule has 5 nitrogen and oxygen atoms in total. The van der Waals surface area contributed by atoms with E-state index < -0.39 is 5.97 Å². The third-order valence-corrected chi connectivity index (χ3v) is 3.37. The largest absolute Gasteiger partial charge is 0.508 e. The molecular weight excluding hydrogens is 246 g/mol. The van der Waals surface area contributed by atoms with E-state index in [4.69, 9.17) is 9.84 Å². The molecule has 0 aromatic heterocycles. The van der Waals surface area contributed by atoms with Gasteiger partial charge in [-0.05, 0) is 13.0 Å². The van der Waals surface area contributed by atoms with Gasteiger partial charge in [-0.3, -0.25) is 9.69 Å². The Morgan fingerprint density at radius 3 is 3.05 bits per heavy atom. The molecule has 1 heterocycles. The van der Waals surface area contributed by atoms with Crippen LogP contribution in [-0.4, -0.2) is 46.9 Å². The number of hydrogen-bond donors (Lipinski definition) is 2. The number of carbonyl (C=O) groups is 1. The molecule has 1 fully saturated rings. The van der Waals surface area contributed by atoms with Gasteiger partial charge in [0.1, 0.15) is 5.75 Å². The van der Waals surface area contributed by atoms with Crippen LogP contribution in [-0.2, 0) is 16.1 Å². The van der Waals surface area contributed by atoms with Gasteiger partial charge in [0.05, 0.1) is 19.6 Å². The van der Waals surface area contributed by atoms with E-state index in [-0.39, 0.29) is 18.2 Å². The lowest BCUT2D eigenvalue weighted by Gasteiger charge is -2.34. The second-order valence-electron chi connectivity index (χ2n) is 4.93. The summed E-state index contributed by atoms with van der Waals surface area (Å²) in [5.74, 6) is -0.569. The topological polar surface area (TPSA) is 70.0 Å². The van der Waals surface area contributed by atoms with Crippen LogP contribution in [0.25, 0.3) is 0 Å². The smallest absolute Gasteiger partial charge is 0.305 e. The fourth-order valence-corrected chi connectivity index (χ4v) is 2.35. The maximum atomic E-state index is 10.9. The number of phenols is 1. The minimum atomic E-state index is -0.825. The van der Waals surface area contributed by atoms with Gasteiger partial charge < -0.3 is 14.9 Å². The lowest BCUT2D eigenvalue weighted by atomic mass is 10.1. The molecule has 0 radical (unpaired) electrons. The number of aromatic hydroxyl groups is 1. The van der Waals surface area contributed by atoms with Crippen molar-refractivity contribution < 1.29 is 19.7 Å². The first kappa shape index (κ1) is 13.8. The van der Waals surface area contributed by atoms with Crippen LogP contribution in [0.15, 0.2) is 18.2 Å². The van der Waals surface area contributed by atoms with E-state index in [0.29, 0.717) is 26.3 Å². The molecule has 0 bridgehead atoms. The SMILES string of the molecule is Cc1ccc(O)c(CN2CCOCC2CC(=O)O)c1. The maximum Gasteiger partial charge on any atom is 0.305 e. The zero-order valence-corrected chi connectivity index (χ0v) is 11.0. The summed E-state index contributed by atoms with van der Waals surface area (Å²) in [6.07, 6.45) is 0.0621. The summed E-state index contributed by atoms with van der Waals surface area (Å²) in [5.41, 5.74) is 1.91. The summed E-state index contributed by atoms with van der Waals surface area (Å²) in [6, 6.07) is 5.33. The lowest BCUT2D eigenvalue weighted by molar-refractivity contribution is -0.140. The second-order valence-corrected chi connectivity index (χ2v) is 4.93. The van der Waals surface area contributed by atoms with Gasteiger partial charge in [-0.15, -0.1) is 0 Å². The van der Waals surface area contributed by atoms with Crippen molar-refractivity contribution in [1.82, 2.24) is 4.90 Å². The van der Waals surface area contributed by atoms with Crippen LogP contribution in [0, 0.1) is 6.92 Å². The first-order valence-corrected chi connectivity index (χ1v) is 6.38. The number of carboxylic acids is 1. The molecule has 1 aliphatic rings. The molecule has 5 heteroatoms. The minimum absolute atomic E-state index is 0.0621. The highest BCUT2D eigenvalue weighted by Crippen LogP contribution is 2.22. The second kappa shape index (κ2) is 6.04. The Balaban J connectivity index is 2.10. The molecule has 0 saturated carbocycles. The van der Waals surface area contributed by atoms with Crippen LogP contribution in [0.2, 0.25) is 0 Å². The molecule has 0 amide bonds. The molecule has 2 rings (SSSR count). The molecule has 19 heavy (non-hydrogen) atoms. The number of morpholine rings is 1. The Labute approximate surface area is 112 Å². The van der Waals surface area contributed by atoms with Crippen molar-refractivity contribution >= 4 is 5.97 Å². The third-order valence-electron chi connectivity index (χ3n) is 3.37. The van der Waals surface area contributed by atoms with Gasteiger partial charge >= 0.3 is 5.97 Å². The quantitative estimate of drug-likeness (QED) is 0.860. The normalized spacial score (nSPS) is 20.4. The molecule has 1 atom stereocenters. The van der Waals surface area contributed by atoms with E-state index in [1.54, 1.807) is 6.07 Å². The van der Waals surface area contributed by atoms with Crippen LogP contribution in [0.3, 0.4) is 0 Å². The van der Waals surface area contributed by atoms with Crippen molar-refractivity contribution in [2.24, 2.45) is 0 Å². The van der Waals surface area contributed by atoms with Gasteiger partial charge in [0.25, 0.3) is 0 Å². The molecule has 1 aromatic rings. The summed E-state index contributed by atoms with van der Waals surface area (Å²) in [6.45, 7) is 4.23. The standard InChI is InChI=1S/C14H19NO4/c1-10-2-3-13(16)11(6-10)8-15-4-5-19-9-12(15)7-14(17)18/h2-3,6,12,16H,4-5,7-9H2,1H3,(H,17,18). The monoisotopic (exact) mass is 265 g/mol. The molecule has 104 valence electrons. The van der Waals surface area contributed by atoms with E-state index in [1.807, 2.05) is 19.1 Å². The Morgan fingerprint density at radius 1 is 1.53 bits per heavy atom. The molecule has 1 aliphatic heterocycles. The molecule has 1 aromatic carbocycles. The minimum Gasteiger partial charge on any atom is -0.508 e. The first-order chi connectivity index (χ1) is 9.06. The number of rotatable bonds is 4. The fraction of sp³-hybridized carbons (Fsp3) is 0.500. The Morgan fingerprint density at radius 2 is 2.32 bits per heavy atom. The van der Waals surface area contributed by atoms with Crippen molar-refractivity contribution in [1.29, 1.82) is 0 Å². The van der Waals surface area contributed by atoms with E-state index in [1.165, 1.54) is 0 Å². The van der Waals surface area contributed by atoms with Gasteiger partial charge in [-0.1, -0.05) is 17.7 Å². The number of aryl methyl sites for hydroxylation is 1. The maximum absolute atomic E-state index is 10.9. The highest BCUT2D eigenvalue weighted by Gasteiger charge is 2.25. The lowest BCUT2D eigenvalue weighted by Crippen LogP contribution is -2.45. The van der Waals surface area contributed by atoms with Crippen molar-refractivity contribution in [3.8, 4) is 5.75 Å². The van der Waals surface area contributed by atoms with Gasteiger partial charge in [0, 0.05) is 24.7 Å². The Kier molecular flexibility index (Phi) is 4.39. The number of nitrogens with zero attached hydrogens (tertiary/aromatic N) is 1.